The molecule has 0 fully saturated rings. The number of hydrogen-bond donors (Lipinski definition) is 2. The van der Waals surface area contributed by atoms with Gasteiger partial charge in [0.25, 0.3) is 0 Å². The average molecular weight is 267 g/mol. The van der Waals surface area contributed by atoms with Gasteiger partial charge in [0.05, 0.1) is 5.41 Å². The lowest BCUT2D eigenvalue weighted by Crippen LogP contribution is -2.30. The van der Waals surface area contributed by atoms with Crippen LogP contribution in [0, 0.1) is 5.41 Å². The quantitative estimate of drug-likeness (QED) is 0.837. The summed E-state index contributed by atoms with van der Waals surface area (Å²) in [5, 5.41) is 9.05. The molecule has 1 aliphatic heterocycles. The standard InChI is InChI=1S/C13H17NO5/c1-13(2,12(15)16)6-17-9-4-11-10(18-7-19-11)3-8(9)5-14/h3-4H,5-7,14H2,1-2H3,(H,15,16). The van der Waals surface area contributed by atoms with Gasteiger partial charge in [0.15, 0.2) is 11.5 Å². The molecule has 0 bridgehead atoms. The summed E-state index contributed by atoms with van der Waals surface area (Å²) < 4.78 is 16.1. The normalized spacial score (nSPS) is 13.4. The first-order valence-electron chi connectivity index (χ1n) is 5.93. The zero-order valence-electron chi connectivity index (χ0n) is 10.9. The van der Waals surface area contributed by atoms with Crippen molar-refractivity contribution in [3.05, 3.63) is 17.7 Å². The van der Waals surface area contributed by atoms with Crippen LogP contribution in [-0.2, 0) is 11.3 Å². The molecule has 1 aromatic rings. The van der Waals surface area contributed by atoms with Gasteiger partial charge in [-0.15, -0.1) is 0 Å². The Morgan fingerprint density at radius 3 is 2.63 bits per heavy atom. The van der Waals surface area contributed by atoms with Crippen LogP contribution in [0.1, 0.15) is 19.4 Å². The van der Waals surface area contributed by atoms with Crippen LogP contribution >= 0.6 is 0 Å². The van der Waals surface area contributed by atoms with E-state index in [9.17, 15) is 4.79 Å². The SMILES string of the molecule is CC(C)(COc1cc2c(cc1CN)OCO2)C(=O)O. The van der Waals surface area contributed by atoms with Gasteiger partial charge in [-0.05, 0) is 19.9 Å². The predicted octanol–water partition coefficient (Wildman–Crippen LogP) is 1.36. The van der Waals surface area contributed by atoms with Gasteiger partial charge in [0, 0.05) is 18.2 Å². The molecule has 6 nitrogen and oxygen atoms in total. The van der Waals surface area contributed by atoms with Crippen LogP contribution in [0.2, 0.25) is 0 Å². The number of fused-ring (bicyclic) bond motifs is 1. The second-order valence-corrected chi connectivity index (χ2v) is 5.00. The van der Waals surface area contributed by atoms with E-state index in [2.05, 4.69) is 0 Å². The monoisotopic (exact) mass is 267 g/mol. The van der Waals surface area contributed by atoms with E-state index < -0.39 is 11.4 Å². The maximum absolute atomic E-state index is 11.0. The van der Waals surface area contributed by atoms with Crippen LogP contribution in [0.3, 0.4) is 0 Å². The maximum atomic E-state index is 11.0. The number of carboxylic acids is 1. The molecule has 0 aromatic heterocycles. The Morgan fingerprint density at radius 2 is 2.05 bits per heavy atom. The minimum Gasteiger partial charge on any atom is -0.492 e. The molecule has 1 heterocycles. The van der Waals surface area contributed by atoms with Crippen LogP contribution in [-0.4, -0.2) is 24.5 Å². The Hall–Kier alpha value is -1.95. The lowest BCUT2D eigenvalue weighted by atomic mass is 9.95. The van der Waals surface area contributed by atoms with Crippen LogP contribution in [0.4, 0.5) is 0 Å². The highest BCUT2D eigenvalue weighted by Gasteiger charge is 2.29. The fourth-order valence-corrected chi connectivity index (χ4v) is 1.58. The first-order valence-corrected chi connectivity index (χ1v) is 5.93. The highest BCUT2D eigenvalue weighted by molar-refractivity contribution is 5.73. The number of hydrogen-bond acceptors (Lipinski definition) is 5. The van der Waals surface area contributed by atoms with Crippen molar-refractivity contribution < 1.29 is 24.1 Å². The summed E-state index contributed by atoms with van der Waals surface area (Å²) in [6.07, 6.45) is 0. The molecule has 0 aliphatic carbocycles. The summed E-state index contributed by atoms with van der Waals surface area (Å²) in [6.45, 7) is 3.70. The molecule has 1 aromatic carbocycles. The van der Waals surface area contributed by atoms with E-state index >= 15 is 0 Å². The van der Waals surface area contributed by atoms with Gasteiger partial charge in [-0.25, -0.2) is 0 Å². The number of nitrogens with two attached hydrogens (primary N) is 1. The third kappa shape index (κ3) is 2.73. The first kappa shape index (κ1) is 13.5. The largest absolute Gasteiger partial charge is 0.492 e. The number of benzene rings is 1. The Kier molecular flexibility index (Phi) is 3.53. The topological polar surface area (TPSA) is 91.0 Å². The van der Waals surface area contributed by atoms with Crippen LogP contribution in [0.25, 0.3) is 0 Å². The summed E-state index contributed by atoms with van der Waals surface area (Å²) in [5.74, 6) is 0.828. The average Bonchev–Trinajstić information content (AvgIpc) is 2.81. The molecule has 0 saturated carbocycles. The molecule has 19 heavy (non-hydrogen) atoms. The van der Waals surface area contributed by atoms with Gasteiger partial charge < -0.3 is 25.1 Å². The van der Waals surface area contributed by atoms with Gasteiger partial charge in [-0.3, -0.25) is 4.79 Å². The molecular weight excluding hydrogens is 250 g/mol. The van der Waals surface area contributed by atoms with Crippen LogP contribution in [0.15, 0.2) is 12.1 Å². The van der Waals surface area contributed by atoms with Crippen molar-refractivity contribution in [2.24, 2.45) is 11.1 Å². The first-order chi connectivity index (χ1) is 8.94. The molecule has 2 rings (SSSR count). The minimum absolute atomic E-state index is 0.0506. The molecule has 0 radical (unpaired) electrons. The van der Waals surface area contributed by atoms with E-state index in [4.69, 9.17) is 25.1 Å². The van der Waals surface area contributed by atoms with E-state index in [1.807, 2.05) is 0 Å². The van der Waals surface area contributed by atoms with E-state index in [0.29, 0.717) is 17.2 Å². The number of ether oxygens (including phenoxy) is 3. The van der Waals surface area contributed by atoms with Gasteiger partial charge >= 0.3 is 5.97 Å². The fourth-order valence-electron chi connectivity index (χ4n) is 1.58. The smallest absolute Gasteiger partial charge is 0.312 e. The Morgan fingerprint density at radius 1 is 1.42 bits per heavy atom. The number of carboxylic acid groups (broad SMARTS) is 1. The summed E-state index contributed by atoms with van der Waals surface area (Å²) >= 11 is 0. The molecule has 1 aliphatic rings. The second-order valence-electron chi connectivity index (χ2n) is 5.00. The molecule has 104 valence electrons. The highest BCUT2D eigenvalue weighted by Crippen LogP contribution is 2.38. The zero-order valence-corrected chi connectivity index (χ0v) is 10.9. The van der Waals surface area contributed by atoms with E-state index in [1.54, 1.807) is 26.0 Å². The van der Waals surface area contributed by atoms with Crippen molar-refractivity contribution >= 4 is 5.97 Å². The lowest BCUT2D eigenvalue weighted by molar-refractivity contribution is -0.148. The van der Waals surface area contributed by atoms with E-state index in [1.165, 1.54) is 0 Å². The molecule has 0 spiro atoms. The van der Waals surface area contributed by atoms with Crippen LogP contribution in [0.5, 0.6) is 17.2 Å². The molecule has 0 saturated heterocycles. The third-order valence-corrected chi connectivity index (χ3v) is 2.94. The summed E-state index contributed by atoms with van der Waals surface area (Å²) in [5.41, 5.74) is 5.44. The fraction of sp³-hybridized carbons (Fsp3) is 0.462. The zero-order chi connectivity index (χ0) is 14.0. The molecule has 0 unspecified atom stereocenters. The summed E-state index contributed by atoms with van der Waals surface area (Å²) in [7, 11) is 0. The Balaban J connectivity index is 2.18. The van der Waals surface area contributed by atoms with Crippen molar-refractivity contribution in [1.29, 1.82) is 0 Å². The van der Waals surface area contributed by atoms with Crippen molar-refractivity contribution in [1.82, 2.24) is 0 Å². The lowest BCUT2D eigenvalue weighted by Gasteiger charge is -2.20. The van der Waals surface area contributed by atoms with E-state index in [0.717, 1.165) is 5.56 Å². The molecule has 0 amide bonds. The van der Waals surface area contributed by atoms with Gasteiger partial charge in [0.1, 0.15) is 12.4 Å². The number of rotatable bonds is 5. The Bertz CT molecular complexity index is 498. The van der Waals surface area contributed by atoms with Crippen molar-refractivity contribution in [3.8, 4) is 17.2 Å². The molecule has 3 N–H and O–H groups in total. The third-order valence-electron chi connectivity index (χ3n) is 2.94. The maximum Gasteiger partial charge on any atom is 0.312 e. The van der Waals surface area contributed by atoms with Crippen molar-refractivity contribution in [2.75, 3.05) is 13.4 Å². The molecule has 0 atom stereocenters. The van der Waals surface area contributed by atoms with Crippen molar-refractivity contribution in [2.45, 2.75) is 20.4 Å². The van der Waals surface area contributed by atoms with Crippen molar-refractivity contribution in [3.63, 3.8) is 0 Å². The summed E-state index contributed by atoms with van der Waals surface area (Å²) in [4.78, 5) is 11.0. The minimum atomic E-state index is -0.970. The Labute approximate surface area is 111 Å². The van der Waals surface area contributed by atoms with Crippen LogP contribution < -0.4 is 19.9 Å². The second kappa shape index (κ2) is 4.97. The highest BCUT2D eigenvalue weighted by atomic mass is 16.7. The van der Waals surface area contributed by atoms with Gasteiger partial charge in [-0.1, -0.05) is 0 Å². The van der Waals surface area contributed by atoms with Gasteiger partial charge in [0.2, 0.25) is 6.79 Å². The molecule has 6 heteroatoms. The van der Waals surface area contributed by atoms with Gasteiger partial charge in [-0.2, -0.15) is 0 Å². The predicted molar refractivity (Wildman–Crippen MR) is 67.4 cm³/mol. The van der Waals surface area contributed by atoms with E-state index in [-0.39, 0.29) is 19.9 Å². The number of carbonyl (C=O) groups is 1. The summed E-state index contributed by atoms with van der Waals surface area (Å²) in [6, 6.07) is 3.44. The molecular formula is C13H17NO5. The number of aliphatic carboxylic acids is 1.